The quantitative estimate of drug-likeness (QED) is 0.725. The Balaban J connectivity index is 1.98. The fourth-order valence-corrected chi connectivity index (χ4v) is 3.14. The second-order valence-electron chi connectivity index (χ2n) is 6.22. The highest BCUT2D eigenvalue weighted by molar-refractivity contribution is 6.18. The van der Waals surface area contributed by atoms with E-state index in [4.69, 9.17) is 16.3 Å². The summed E-state index contributed by atoms with van der Waals surface area (Å²) in [6, 6.07) is 0.614. The van der Waals surface area contributed by atoms with Crippen LogP contribution in [0, 0.1) is 0 Å². The van der Waals surface area contributed by atoms with Gasteiger partial charge >= 0.3 is 6.09 Å². The summed E-state index contributed by atoms with van der Waals surface area (Å²) in [6.07, 6.45) is 2.02. The Morgan fingerprint density at radius 2 is 1.83 bits per heavy atom. The van der Waals surface area contributed by atoms with Crippen LogP contribution in [0.25, 0.3) is 0 Å². The van der Waals surface area contributed by atoms with Crippen LogP contribution in [0.15, 0.2) is 0 Å². The highest BCUT2D eigenvalue weighted by atomic mass is 35.5. The standard InChI is InChI=1S/C13H23ClN2O2/c1-13(2,3)18-12(17)16-10-4-5-11(16)9-15(8-10)7-6-14/h10-11H,4-9H2,1-3H3/t10-,11+. The maximum Gasteiger partial charge on any atom is 0.410 e. The molecule has 2 aliphatic heterocycles. The summed E-state index contributed by atoms with van der Waals surface area (Å²) in [7, 11) is 0. The highest BCUT2D eigenvalue weighted by Gasteiger charge is 2.43. The third-order valence-electron chi connectivity index (χ3n) is 3.56. The largest absolute Gasteiger partial charge is 0.444 e. The van der Waals surface area contributed by atoms with Crippen molar-refractivity contribution in [1.82, 2.24) is 9.80 Å². The van der Waals surface area contributed by atoms with Crippen LogP contribution >= 0.6 is 11.6 Å². The van der Waals surface area contributed by atoms with Gasteiger partial charge in [0.15, 0.2) is 0 Å². The molecular formula is C13H23ClN2O2. The monoisotopic (exact) mass is 274 g/mol. The Labute approximate surface area is 114 Å². The predicted octanol–water partition coefficient (Wildman–Crippen LogP) is 2.31. The summed E-state index contributed by atoms with van der Waals surface area (Å²) in [6.45, 7) is 8.52. The second-order valence-corrected chi connectivity index (χ2v) is 6.60. The molecule has 0 aromatic rings. The van der Waals surface area contributed by atoms with Crippen LogP contribution in [0.5, 0.6) is 0 Å². The molecule has 0 radical (unpaired) electrons. The molecule has 18 heavy (non-hydrogen) atoms. The molecule has 104 valence electrons. The highest BCUT2D eigenvalue weighted by Crippen LogP contribution is 2.31. The Morgan fingerprint density at radius 3 is 2.28 bits per heavy atom. The van der Waals surface area contributed by atoms with Gasteiger partial charge in [0.25, 0.3) is 0 Å². The minimum absolute atomic E-state index is 0.152. The molecule has 2 atom stereocenters. The number of alkyl halides is 1. The van der Waals surface area contributed by atoms with E-state index in [1.165, 1.54) is 0 Å². The van der Waals surface area contributed by atoms with E-state index >= 15 is 0 Å². The molecule has 4 nitrogen and oxygen atoms in total. The summed E-state index contributed by atoms with van der Waals surface area (Å²) in [5, 5.41) is 0. The van der Waals surface area contributed by atoms with Gasteiger partial charge in [0.1, 0.15) is 5.60 Å². The van der Waals surface area contributed by atoms with Crippen molar-refractivity contribution in [3.05, 3.63) is 0 Å². The molecule has 0 aromatic carbocycles. The van der Waals surface area contributed by atoms with Gasteiger partial charge in [0.05, 0.1) is 0 Å². The lowest BCUT2D eigenvalue weighted by atomic mass is 10.2. The number of carbonyl (C=O) groups excluding carboxylic acids is 1. The topological polar surface area (TPSA) is 32.8 Å². The van der Waals surface area contributed by atoms with Crippen molar-refractivity contribution >= 4 is 17.7 Å². The number of ether oxygens (including phenoxy) is 1. The van der Waals surface area contributed by atoms with E-state index < -0.39 is 5.60 Å². The Bertz CT molecular complexity index is 303. The molecule has 2 fully saturated rings. The fraction of sp³-hybridized carbons (Fsp3) is 0.923. The first-order valence-electron chi connectivity index (χ1n) is 6.70. The molecule has 0 spiro atoms. The molecule has 2 bridgehead atoms. The molecule has 0 aliphatic carbocycles. The first-order valence-corrected chi connectivity index (χ1v) is 7.24. The molecule has 2 rings (SSSR count). The van der Waals surface area contributed by atoms with Gasteiger partial charge in [-0.1, -0.05) is 0 Å². The van der Waals surface area contributed by atoms with E-state index in [-0.39, 0.29) is 6.09 Å². The summed E-state index contributed by atoms with van der Waals surface area (Å²) < 4.78 is 5.50. The molecule has 0 unspecified atom stereocenters. The first-order chi connectivity index (χ1) is 8.40. The molecule has 5 heteroatoms. The van der Waals surface area contributed by atoms with Crippen molar-refractivity contribution in [3.8, 4) is 0 Å². The molecule has 1 amide bonds. The van der Waals surface area contributed by atoms with Crippen LogP contribution in [-0.2, 0) is 4.74 Å². The minimum atomic E-state index is -0.413. The van der Waals surface area contributed by atoms with Gasteiger partial charge in [-0.15, -0.1) is 11.6 Å². The number of amides is 1. The molecule has 2 aliphatic rings. The lowest BCUT2D eigenvalue weighted by Gasteiger charge is -2.41. The average molecular weight is 275 g/mol. The minimum Gasteiger partial charge on any atom is -0.444 e. The van der Waals surface area contributed by atoms with Gasteiger partial charge in [-0.2, -0.15) is 0 Å². The van der Waals surface area contributed by atoms with Gasteiger partial charge in [-0.25, -0.2) is 4.79 Å². The van der Waals surface area contributed by atoms with Gasteiger partial charge in [0, 0.05) is 37.6 Å². The zero-order chi connectivity index (χ0) is 13.3. The zero-order valence-electron chi connectivity index (χ0n) is 11.5. The van der Waals surface area contributed by atoms with E-state index in [1.807, 2.05) is 25.7 Å². The Morgan fingerprint density at radius 1 is 1.28 bits per heavy atom. The molecular weight excluding hydrogens is 252 g/mol. The van der Waals surface area contributed by atoms with Crippen molar-refractivity contribution in [2.24, 2.45) is 0 Å². The van der Waals surface area contributed by atoms with Gasteiger partial charge in [-0.3, -0.25) is 9.80 Å². The number of hydrogen-bond donors (Lipinski definition) is 0. The van der Waals surface area contributed by atoms with Crippen molar-refractivity contribution in [2.75, 3.05) is 25.5 Å². The van der Waals surface area contributed by atoms with Gasteiger partial charge in [-0.05, 0) is 33.6 Å². The number of rotatable bonds is 2. The third kappa shape index (κ3) is 3.09. The summed E-state index contributed by atoms with van der Waals surface area (Å²) >= 11 is 5.79. The van der Waals surface area contributed by atoms with Crippen molar-refractivity contribution in [2.45, 2.75) is 51.3 Å². The van der Waals surface area contributed by atoms with Crippen LogP contribution in [0.2, 0.25) is 0 Å². The van der Waals surface area contributed by atoms with E-state index in [0.29, 0.717) is 18.0 Å². The predicted molar refractivity (Wildman–Crippen MR) is 72.0 cm³/mol. The first kappa shape index (κ1) is 13.9. The molecule has 2 saturated heterocycles. The third-order valence-corrected chi connectivity index (χ3v) is 3.73. The maximum absolute atomic E-state index is 12.2. The number of fused-ring (bicyclic) bond motifs is 2. The van der Waals surface area contributed by atoms with Crippen LogP contribution in [-0.4, -0.2) is 59.1 Å². The zero-order valence-corrected chi connectivity index (χ0v) is 12.2. The van der Waals surface area contributed by atoms with Crippen molar-refractivity contribution in [3.63, 3.8) is 0 Å². The van der Waals surface area contributed by atoms with Crippen LogP contribution in [0.1, 0.15) is 33.6 Å². The molecule has 0 saturated carbocycles. The molecule has 0 aromatic heterocycles. The van der Waals surface area contributed by atoms with Crippen molar-refractivity contribution in [1.29, 1.82) is 0 Å². The smallest absolute Gasteiger partial charge is 0.410 e. The van der Waals surface area contributed by atoms with Gasteiger partial charge < -0.3 is 4.74 Å². The summed E-state index contributed by atoms with van der Waals surface area (Å²) in [5.74, 6) is 0.659. The number of halogens is 1. The van der Waals surface area contributed by atoms with E-state index in [9.17, 15) is 4.79 Å². The van der Waals surface area contributed by atoms with E-state index in [0.717, 1.165) is 32.5 Å². The van der Waals surface area contributed by atoms with Crippen LogP contribution < -0.4 is 0 Å². The van der Waals surface area contributed by atoms with Crippen LogP contribution in [0.4, 0.5) is 4.79 Å². The molecule has 2 heterocycles. The van der Waals surface area contributed by atoms with E-state index in [2.05, 4.69) is 4.90 Å². The number of piperazine rings is 1. The normalized spacial score (nSPS) is 28.6. The van der Waals surface area contributed by atoms with Crippen LogP contribution in [0.3, 0.4) is 0 Å². The number of nitrogens with zero attached hydrogens (tertiary/aromatic N) is 2. The lowest BCUT2D eigenvalue weighted by Crippen LogP contribution is -2.56. The lowest BCUT2D eigenvalue weighted by molar-refractivity contribution is -0.00357. The Kier molecular flexibility index (Phi) is 4.07. The second kappa shape index (κ2) is 5.25. The molecule has 0 N–H and O–H groups in total. The van der Waals surface area contributed by atoms with Gasteiger partial charge in [0.2, 0.25) is 0 Å². The SMILES string of the molecule is CC(C)(C)OC(=O)N1[C@@H]2CC[C@H]1CN(CCCl)C2. The summed E-state index contributed by atoms with van der Waals surface area (Å²) in [4.78, 5) is 16.5. The Hall–Kier alpha value is -0.480. The van der Waals surface area contributed by atoms with E-state index in [1.54, 1.807) is 0 Å². The number of hydrogen-bond acceptors (Lipinski definition) is 3. The average Bonchev–Trinajstić information content (AvgIpc) is 2.49. The van der Waals surface area contributed by atoms with Crippen molar-refractivity contribution < 1.29 is 9.53 Å². The maximum atomic E-state index is 12.2. The summed E-state index contributed by atoms with van der Waals surface area (Å²) in [5.41, 5.74) is -0.413. The number of likely N-dealkylation sites (tertiary alicyclic amines) is 1. The fourth-order valence-electron chi connectivity index (χ4n) is 2.91. The number of carbonyl (C=O) groups is 1.